The highest BCUT2D eigenvalue weighted by Gasteiger charge is 2.38. The largest absolute Gasteiger partial charge is 0.325 e. The number of carbonyl (C=O) groups is 1. The van der Waals surface area contributed by atoms with E-state index in [1.165, 1.54) is 32.0 Å². The highest BCUT2D eigenvalue weighted by Crippen LogP contribution is 2.33. The first kappa shape index (κ1) is 20.7. The standard InChI is InChI=1S/C18H23N5O.2ClH/c24-18(17-9-14-5-1-2-7-16(14)22-17)21-15-6-3-4-13(8-15)10-23-12-19-11-20-23;;/h3-4,6,8,11-12,14,16-17,22H,1-2,5,7,9-10H2,(H,21,24);2*1H. The van der Waals surface area contributed by atoms with E-state index in [0.29, 0.717) is 18.5 Å². The van der Waals surface area contributed by atoms with Crippen molar-refractivity contribution in [1.82, 2.24) is 20.1 Å². The zero-order valence-corrected chi connectivity index (χ0v) is 16.1. The van der Waals surface area contributed by atoms with Crippen LogP contribution in [0, 0.1) is 5.92 Å². The number of nitrogens with one attached hydrogen (secondary N) is 2. The molecule has 1 aromatic carbocycles. The lowest BCUT2D eigenvalue weighted by atomic mass is 9.85. The van der Waals surface area contributed by atoms with Gasteiger partial charge in [0.05, 0.1) is 12.6 Å². The second-order valence-electron chi connectivity index (χ2n) is 6.89. The van der Waals surface area contributed by atoms with Gasteiger partial charge in [0.1, 0.15) is 12.7 Å². The monoisotopic (exact) mass is 397 g/mol. The van der Waals surface area contributed by atoms with E-state index in [2.05, 4.69) is 20.7 Å². The van der Waals surface area contributed by atoms with Gasteiger partial charge >= 0.3 is 0 Å². The normalized spacial score (nSPS) is 24.1. The van der Waals surface area contributed by atoms with Crippen molar-refractivity contribution in [3.63, 3.8) is 0 Å². The first-order valence-corrected chi connectivity index (χ1v) is 8.76. The van der Waals surface area contributed by atoms with E-state index in [1.807, 2.05) is 24.3 Å². The zero-order valence-electron chi connectivity index (χ0n) is 14.5. The third-order valence-corrected chi connectivity index (χ3v) is 5.18. The summed E-state index contributed by atoms with van der Waals surface area (Å²) in [6, 6.07) is 8.40. The van der Waals surface area contributed by atoms with Gasteiger partial charge in [0, 0.05) is 11.7 Å². The van der Waals surface area contributed by atoms with Crippen molar-refractivity contribution in [1.29, 1.82) is 0 Å². The van der Waals surface area contributed by atoms with Crippen LogP contribution in [-0.2, 0) is 11.3 Å². The van der Waals surface area contributed by atoms with Crippen molar-refractivity contribution < 1.29 is 4.79 Å². The van der Waals surface area contributed by atoms with Crippen LogP contribution in [0.4, 0.5) is 5.69 Å². The minimum absolute atomic E-state index is 0. The first-order valence-electron chi connectivity index (χ1n) is 8.76. The Balaban J connectivity index is 0.00000121. The summed E-state index contributed by atoms with van der Waals surface area (Å²) in [6.07, 6.45) is 9.24. The molecule has 2 aliphatic rings. The summed E-state index contributed by atoms with van der Waals surface area (Å²) >= 11 is 0. The third-order valence-electron chi connectivity index (χ3n) is 5.18. The quantitative estimate of drug-likeness (QED) is 0.831. The molecular formula is C18H25Cl2N5O. The van der Waals surface area contributed by atoms with E-state index >= 15 is 0 Å². The molecule has 2 heterocycles. The van der Waals surface area contributed by atoms with Gasteiger partial charge in [0.25, 0.3) is 0 Å². The summed E-state index contributed by atoms with van der Waals surface area (Å²) in [5.41, 5.74) is 1.93. The van der Waals surface area contributed by atoms with Crippen molar-refractivity contribution in [3.05, 3.63) is 42.5 Å². The molecule has 1 saturated carbocycles. The van der Waals surface area contributed by atoms with Crippen molar-refractivity contribution in [2.75, 3.05) is 5.32 Å². The number of benzene rings is 1. The van der Waals surface area contributed by atoms with E-state index in [-0.39, 0.29) is 36.8 Å². The summed E-state index contributed by atoms with van der Waals surface area (Å²) in [4.78, 5) is 16.5. The maximum atomic E-state index is 12.6. The summed E-state index contributed by atoms with van der Waals surface area (Å²) in [7, 11) is 0. The van der Waals surface area contributed by atoms with Gasteiger partial charge in [-0.3, -0.25) is 4.79 Å². The van der Waals surface area contributed by atoms with Crippen LogP contribution >= 0.6 is 24.8 Å². The number of amides is 1. The number of anilines is 1. The molecule has 2 N–H and O–H groups in total. The molecule has 3 atom stereocenters. The molecule has 4 rings (SSSR count). The van der Waals surface area contributed by atoms with Crippen LogP contribution < -0.4 is 10.6 Å². The number of carbonyl (C=O) groups excluding carboxylic acids is 1. The summed E-state index contributed by atoms with van der Waals surface area (Å²) < 4.78 is 1.77. The van der Waals surface area contributed by atoms with Crippen LogP contribution in [0.3, 0.4) is 0 Å². The number of hydrogen-bond acceptors (Lipinski definition) is 4. The Hall–Kier alpha value is -1.63. The fourth-order valence-electron chi connectivity index (χ4n) is 4.00. The van der Waals surface area contributed by atoms with Gasteiger partial charge in [-0.05, 0) is 42.9 Å². The van der Waals surface area contributed by atoms with E-state index in [1.54, 1.807) is 11.0 Å². The Labute approximate surface area is 166 Å². The van der Waals surface area contributed by atoms with Crippen LogP contribution in [0.1, 0.15) is 37.7 Å². The topological polar surface area (TPSA) is 71.8 Å². The third kappa shape index (κ3) is 4.75. The molecule has 1 amide bonds. The number of halogens is 2. The Bertz CT molecular complexity index is 695. The predicted molar refractivity (Wildman–Crippen MR) is 106 cm³/mol. The van der Waals surface area contributed by atoms with Crippen molar-refractivity contribution >= 4 is 36.4 Å². The van der Waals surface area contributed by atoms with Crippen molar-refractivity contribution in [3.8, 4) is 0 Å². The van der Waals surface area contributed by atoms with Crippen molar-refractivity contribution in [2.24, 2.45) is 5.92 Å². The molecule has 0 spiro atoms. The van der Waals surface area contributed by atoms with Crippen molar-refractivity contribution in [2.45, 2.75) is 50.7 Å². The summed E-state index contributed by atoms with van der Waals surface area (Å²) in [5.74, 6) is 0.760. The molecule has 2 fully saturated rings. The highest BCUT2D eigenvalue weighted by molar-refractivity contribution is 5.95. The van der Waals surface area contributed by atoms with E-state index in [9.17, 15) is 4.79 Å². The van der Waals surface area contributed by atoms with Gasteiger partial charge in [0.15, 0.2) is 0 Å². The van der Waals surface area contributed by atoms with Crippen LogP contribution in [0.25, 0.3) is 0 Å². The van der Waals surface area contributed by atoms with Crippen LogP contribution in [0.15, 0.2) is 36.9 Å². The molecule has 26 heavy (non-hydrogen) atoms. The molecule has 1 aliphatic carbocycles. The predicted octanol–water partition coefficient (Wildman–Crippen LogP) is 3.03. The fourth-order valence-corrected chi connectivity index (χ4v) is 4.00. The second-order valence-corrected chi connectivity index (χ2v) is 6.89. The summed E-state index contributed by atoms with van der Waals surface area (Å²) in [6.45, 7) is 0.648. The average Bonchev–Trinajstić information content (AvgIpc) is 3.24. The first-order chi connectivity index (χ1) is 11.8. The highest BCUT2D eigenvalue weighted by atomic mass is 35.5. The SMILES string of the molecule is Cl.Cl.O=C(Nc1cccc(Cn2cncn2)c1)C1CC2CCCCC2N1. The molecular weight excluding hydrogens is 373 g/mol. The second kappa shape index (κ2) is 9.35. The minimum atomic E-state index is -0.0583. The maximum Gasteiger partial charge on any atom is 0.241 e. The molecule has 0 bridgehead atoms. The molecule has 1 aliphatic heterocycles. The molecule has 2 aromatic rings. The zero-order chi connectivity index (χ0) is 16.4. The Kier molecular flexibility index (Phi) is 7.43. The number of nitrogens with zero attached hydrogens (tertiary/aromatic N) is 3. The van der Waals surface area contributed by atoms with E-state index in [0.717, 1.165) is 17.7 Å². The number of hydrogen-bond donors (Lipinski definition) is 2. The van der Waals surface area contributed by atoms with Crippen LogP contribution in [0.2, 0.25) is 0 Å². The van der Waals surface area contributed by atoms with Gasteiger partial charge in [-0.1, -0.05) is 25.0 Å². The molecule has 0 radical (unpaired) electrons. The van der Waals surface area contributed by atoms with Crippen LogP contribution in [0.5, 0.6) is 0 Å². The minimum Gasteiger partial charge on any atom is -0.325 e. The van der Waals surface area contributed by atoms with Gasteiger partial charge in [-0.25, -0.2) is 9.67 Å². The molecule has 3 unspecified atom stereocenters. The van der Waals surface area contributed by atoms with Crippen LogP contribution in [-0.4, -0.2) is 32.8 Å². The molecule has 6 nitrogen and oxygen atoms in total. The fraction of sp³-hybridized carbons (Fsp3) is 0.500. The van der Waals surface area contributed by atoms with Gasteiger partial charge < -0.3 is 10.6 Å². The molecule has 142 valence electrons. The Morgan fingerprint density at radius 3 is 2.88 bits per heavy atom. The van der Waals surface area contributed by atoms with Gasteiger partial charge in [-0.15, -0.1) is 24.8 Å². The summed E-state index contributed by atoms with van der Waals surface area (Å²) in [5, 5.41) is 10.7. The lowest BCUT2D eigenvalue weighted by Crippen LogP contribution is -2.39. The molecule has 1 saturated heterocycles. The van der Waals surface area contributed by atoms with Gasteiger partial charge in [0.2, 0.25) is 5.91 Å². The number of aromatic nitrogens is 3. The van der Waals surface area contributed by atoms with Gasteiger partial charge in [-0.2, -0.15) is 5.10 Å². The number of rotatable bonds is 4. The van der Waals surface area contributed by atoms with E-state index < -0.39 is 0 Å². The molecule has 1 aromatic heterocycles. The lowest BCUT2D eigenvalue weighted by molar-refractivity contribution is -0.117. The smallest absolute Gasteiger partial charge is 0.241 e. The Morgan fingerprint density at radius 2 is 2.12 bits per heavy atom. The Morgan fingerprint density at radius 1 is 1.27 bits per heavy atom. The average molecular weight is 398 g/mol. The van der Waals surface area contributed by atoms with E-state index in [4.69, 9.17) is 0 Å². The maximum absolute atomic E-state index is 12.6. The number of fused-ring (bicyclic) bond motifs is 1. The lowest BCUT2D eigenvalue weighted by Gasteiger charge is -2.24. The molecule has 8 heteroatoms.